The number of hydrogen-bond acceptors (Lipinski definition) is 5. The van der Waals surface area contributed by atoms with Crippen LogP contribution in [-0.2, 0) is 0 Å². The zero-order chi connectivity index (χ0) is 20.1. The summed E-state index contributed by atoms with van der Waals surface area (Å²) in [7, 11) is 0. The molecule has 0 aliphatic carbocycles. The lowest BCUT2D eigenvalue weighted by Crippen LogP contribution is -2.58. The van der Waals surface area contributed by atoms with E-state index in [0.717, 1.165) is 19.2 Å². The molecule has 0 amide bonds. The highest BCUT2D eigenvalue weighted by atomic mass is 35.5. The molecule has 1 fully saturated rings. The Morgan fingerprint density at radius 1 is 1.21 bits per heavy atom. The van der Waals surface area contributed by atoms with Crippen molar-refractivity contribution in [1.82, 2.24) is 15.3 Å². The van der Waals surface area contributed by atoms with E-state index in [9.17, 15) is 9.50 Å². The maximum Gasteiger partial charge on any atom is 0.159 e. The number of aromatic nitrogens is 2. The summed E-state index contributed by atoms with van der Waals surface area (Å²) in [5, 5.41) is 13.8. The largest absolute Gasteiger partial charge is 0.507 e. The first kappa shape index (κ1) is 18.8. The lowest BCUT2D eigenvalue weighted by atomic mass is 9.98. The van der Waals surface area contributed by atoms with Gasteiger partial charge in [-0.25, -0.2) is 18.7 Å². The molecule has 0 atom stereocenters. The van der Waals surface area contributed by atoms with E-state index >= 15 is 4.39 Å². The highest BCUT2D eigenvalue weighted by Gasteiger charge is 2.32. The quantitative estimate of drug-likeness (QED) is 0.672. The van der Waals surface area contributed by atoms with Gasteiger partial charge in [0.15, 0.2) is 5.82 Å². The Morgan fingerprint density at radius 3 is 2.71 bits per heavy atom. The van der Waals surface area contributed by atoms with Crippen LogP contribution in [0.15, 0.2) is 30.6 Å². The molecule has 146 valence electrons. The summed E-state index contributed by atoms with van der Waals surface area (Å²) in [6, 6.07) is 5.30. The van der Waals surface area contributed by atoms with Crippen LogP contribution in [0.4, 0.5) is 14.6 Å². The fraction of sp³-hybridized carbons (Fsp3) is 0.300. The third-order valence-electron chi connectivity index (χ3n) is 5.10. The first-order chi connectivity index (χ1) is 13.3. The number of aromatic hydroxyl groups is 1. The second kappa shape index (κ2) is 6.83. The molecule has 3 aromatic rings. The number of hydrogen-bond donors (Lipinski definition) is 2. The minimum absolute atomic E-state index is 0.0191. The molecule has 2 N–H and O–H groups in total. The Bertz CT molecular complexity index is 1050. The fourth-order valence-corrected chi connectivity index (χ4v) is 3.98. The lowest BCUT2D eigenvalue weighted by Gasteiger charge is -2.44. The summed E-state index contributed by atoms with van der Waals surface area (Å²) in [6.45, 7) is 6.34. The van der Waals surface area contributed by atoms with Gasteiger partial charge in [0.05, 0.1) is 10.6 Å². The second-order valence-corrected chi connectivity index (χ2v) is 7.82. The smallest absolute Gasteiger partial charge is 0.159 e. The number of phenols is 1. The van der Waals surface area contributed by atoms with Crippen LogP contribution in [0.25, 0.3) is 22.0 Å². The van der Waals surface area contributed by atoms with Crippen LogP contribution >= 0.6 is 11.6 Å². The average molecular weight is 405 g/mol. The van der Waals surface area contributed by atoms with Crippen molar-refractivity contribution in [2.75, 3.05) is 24.5 Å². The number of piperazine rings is 1. The number of halogens is 3. The summed E-state index contributed by atoms with van der Waals surface area (Å²) in [5.41, 5.74) is -0.713. The van der Waals surface area contributed by atoms with Gasteiger partial charge in [-0.1, -0.05) is 17.7 Å². The molecule has 0 bridgehead atoms. The average Bonchev–Trinajstić information content (AvgIpc) is 2.63. The molecule has 0 spiro atoms. The molecular formula is C20H19ClF2N4O. The highest BCUT2D eigenvalue weighted by molar-refractivity contribution is 6.34. The maximum absolute atomic E-state index is 15.4. The SMILES string of the molecule is CC1(C)CNCCN1c1ncnc2c(F)c(-c3c(O)cccc3F)c(Cl)cc12. The molecule has 28 heavy (non-hydrogen) atoms. The van der Waals surface area contributed by atoms with Gasteiger partial charge in [0.1, 0.15) is 29.2 Å². The monoisotopic (exact) mass is 404 g/mol. The molecule has 5 nitrogen and oxygen atoms in total. The van der Waals surface area contributed by atoms with Crippen LogP contribution in [0.3, 0.4) is 0 Å². The Morgan fingerprint density at radius 2 is 2.00 bits per heavy atom. The number of fused-ring (bicyclic) bond motifs is 1. The molecular weight excluding hydrogens is 386 g/mol. The van der Waals surface area contributed by atoms with Crippen molar-refractivity contribution in [3.63, 3.8) is 0 Å². The Labute approximate surface area is 166 Å². The van der Waals surface area contributed by atoms with Gasteiger partial charge in [0, 0.05) is 36.1 Å². The number of anilines is 1. The molecule has 2 aromatic carbocycles. The Hall–Kier alpha value is -2.51. The van der Waals surface area contributed by atoms with Gasteiger partial charge in [-0.05, 0) is 32.0 Å². The van der Waals surface area contributed by atoms with Crippen LogP contribution in [-0.4, -0.2) is 40.2 Å². The number of rotatable bonds is 2. The molecule has 2 heterocycles. The van der Waals surface area contributed by atoms with Crippen molar-refractivity contribution >= 4 is 28.3 Å². The molecule has 4 rings (SSSR count). The predicted molar refractivity (Wildman–Crippen MR) is 106 cm³/mol. The first-order valence-corrected chi connectivity index (χ1v) is 9.28. The summed E-state index contributed by atoms with van der Waals surface area (Å²) >= 11 is 6.36. The van der Waals surface area contributed by atoms with Gasteiger partial charge in [0.2, 0.25) is 0 Å². The molecule has 0 saturated carbocycles. The summed E-state index contributed by atoms with van der Waals surface area (Å²) in [4.78, 5) is 10.6. The van der Waals surface area contributed by atoms with Crippen LogP contribution in [0.5, 0.6) is 5.75 Å². The van der Waals surface area contributed by atoms with Gasteiger partial charge in [-0.2, -0.15) is 0 Å². The van der Waals surface area contributed by atoms with Crippen molar-refractivity contribution in [2.45, 2.75) is 19.4 Å². The van der Waals surface area contributed by atoms with E-state index in [0.29, 0.717) is 17.7 Å². The van der Waals surface area contributed by atoms with Crippen molar-refractivity contribution in [1.29, 1.82) is 0 Å². The van der Waals surface area contributed by atoms with Crippen LogP contribution in [0.2, 0.25) is 5.02 Å². The van der Waals surface area contributed by atoms with E-state index in [1.807, 2.05) is 0 Å². The topological polar surface area (TPSA) is 61.3 Å². The molecule has 1 saturated heterocycles. The second-order valence-electron chi connectivity index (χ2n) is 7.42. The molecule has 8 heteroatoms. The summed E-state index contributed by atoms with van der Waals surface area (Å²) in [5.74, 6) is -1.38. The van der Waals surface area contributed by atoms with Crippen LogP contribution in [0.1, 0.15) is 13.8 Å². The van der Waals surface area contributed by atoms with E-state index < -0.39 is 17.4 Å². The molecule has 1 aliphatic rings. The van der Waals surface area contributed by atoms with Gasteiger partial charge in [-0.15, -0.1) is 0 Å². The lowest BCUT2D eigenvalue weighted by molar-refractivity contribution is 0.378. The third-order valence-corrected chi connectivity index (χ3v) is 5.40. The van der Waals surface area contributed by atoms with Gasteiger partial charge >= 0.3 is 0 Å². The van der Waals surface area contributed by atoms with Gasteiger partial charge < -0.3 is 15.3 Å². The van der Waals surface area contributed by atoms with E-state index in [1.54, 1.807) is 0 Å². The molecule has 1 aliphatic heterocycles. The summed E-state index contributed by atoms with van der Waals surface area (Å²) in [6.07, 6.45) is 1.29. The van der Waals surface area contributed by atoms with Crippen LogP contribution in [0, 0.1) is 11.6 Å². The summed E-state index contributed by atoms with van der Waals surface area (Å²) < 4.78 is 29.8. The van der Waals surface area contributed by atoms with Gasteiger partial charge in [-0.3, -0.25) is 0 Å². The molecule has 0 unspecified atom stereocenters. The standard InChI is InChI=1S/C20H19ClF2N4O/c1-20(2)9-24-6-7-27(20)19-11-8-12(21)15(17(23)18(11)25-10-26-19)16-13(22)4-3-5-14(16)28/h3-5,8,10,24,28H,6-7,9H2,1-2H3. The van der Waals surface area contributed by atoms with E-state index in [1.165, 1.54) is 24.5 Å². The fourth-order valence-electron chi connectivity index (χ4n) is 3.70. The Kier molecular flexibility index (Phi) is 4.59. The number of nitrogens with zero attached hydrogens (tertiary/aromatic N) is 3. The molecule has 0 radical (unpaired) electrons. The normalized spacial score (nSPS) is 16.5. The van der Waals surface area contributed by atoms with Crippen molar-refractivity contribution in [3.05, 3.63) is 47.2 Å². The number of benzene rings is 2. The molecule has 1 aromatic heterocycles. The minimum atomic E-state index is -0.792. The number of phenolic OH excluding ortho intramolecular Hbond substituents is 1. The van der Waals surface area contributed by atoms with E-state index in [-0.39, 0.29) is 27.2 Å². The minimum Gasteiger partial charge on any atom is -0.507 e. The zero-order valence-corrected chi connectivity index (χ0v) is 16.2. The zero-order valence-electron chi connectivity index (χ0n) is 15.4. The Balaban J connectivity index is 1.97. The predicted octanol–water partition coefficient (Wildman–Crippen LogP) is 4.12. The maximum atomic E-state index is 15.4. The van der Waals surface area contributed by atoms with Crippen molar-refractivity contribution in [2.24, 2.45) is 0 Å². The first-order valence-electron chi connectivity index (χ1n) is 8.90. The van der Waals surface area contributed by atoms with Crippen molar-refractivity contribution < 1.29 is 13.9 Å². The van der Waals surface area contributed by atoms with Crippen LogP contribution < -0.4 is 10.2 Å². The van der Waals surface area contributed by atoms with E-state index in [4.69, 9.17) is 11.6 Å². The van der Waals surface area contributed by atoms with E-state index in [2.05, 4.69) is 34.0 Å². The highest BCUT2D eigenvalue weighted by Crippen LogP contribution is 2.42. The number of nitrogens with one attached hydrogen (secondary N) is 1. The van der Waals surface area contributed by atoms with Gasteiger partial charge in [0.25, 0.3) is 0 Å². The van der Waals surface area contributed by atoms with Crippen molar-refractivity contribution in [3.8, 4) is 16.9 Å². The third kappa shape index (κ3) is 2.95.